The second-order valence-corrected chi connectivity index (χ2v) is 6.22. The Labute approximate surface area is 140 Å². The molecule has 0 N–H and O–H groups in total. The van der Waals surface area contributed by atoms with E-state index in [1.54, 1.807) is 6.20 Å². The van der Waals surface area contributed by atoms with Crippen LogP contribution in [0, 0.1) is 18.3 Å². The van der Waals surface area contributed by atoms with E-state index in [-0.39, 0.29) is 0 Å². The van der Waals surface area contributed by atoms with Gasteiger partial charge in [-0.2, -0.15) is 5.26 Å². The first-order chi connectivity index (χ1) is 11.8. The first-order valence-corrected chi connectivity index (χ1v) is 8.22. The third-order valence-electron chi connectivity index (χ3n) is 4.71. The number of hydrogen-bond donors (Lipinski definition) is 0. The maximum Gasteiger partial charge on any atom is 0.198 e. The molecule has 1 aliphatic heterocycles. The van der Waals surface area contributed by atoms with Crippen LogP contribution in [0.3, 0.4) is 0 Å². The molecule has 1 aliphatic rings. The summed E-state index contributed by atoms with van der Waals surface area (Å²) in [5.41, 5.74) is 4.37. The summed E-state index contributed by atoms with van der Waals surface area (Å²) in [6.07, 6.45) is 3.59. The van der Waals surface area contributed by atoms with Crippen molar-refractivity contribution in [1.29, 1.82) is 5.26 Å². The Morgan fingerprint density at radius 3 is 2.79 bits per heavy atom. The predicted molar refractivity (Wildman–Crippen MR) is 91.9 cm³/mol. The van der Waals surface area contributed by atoms with Gasteiger partial charge in [0.2, 0.25) is 0 Å². The number of nitriles is 1. The highest BCUT2D eigenvalue weighted by atomic mass is 16.3. The van der Waals surface area contributed by atoms with Crippen LogP contribution in [-0.4, -0.2) is 23.1 Å². The van der Waals surface area contributed by atoms with E-state index in [4.69, 9.17) is 4.42 Å². The smallest absolute Gasteiger partial charge is 0.198 e. The Bertz CT molecular complexity index is 917. The maximum atomic E-state index is 9.22. The topological polar surface area (TPSA) is 66.0 Å². The standard InChI is InChI=1S/C19H18N4O/c1-13-4-2-5-15-18(13)24-19(22-15)14-7-10-23(11-8-14)17-6-3-9-21-16(17)12-20/h2-6,9,14H,7-8,10-11H2,1H3. The SMILES string of the molecule is Cc1cccc2nc(C3CCN(c4cccnc4C#N)CC3)oc12. The largest absolute Gasteiger partial charge is 0.440 e. The van der Waals surface area contributed by atoms with Gasteiger partial charge in [0.1, 0.15) is 11.6 Å². The predicted octanol–water partition coefficient (Wildman–Crippen LogP) is 3.79. The van der Waals surface area contributed by atoms with Crippen LogP contribution in [0.25, 0.3) is 11.1 Å². The summed E-state index contributed by atoms with van der Waals surface area (Å²) in [7, 11) is 0. The Morgan fingerprint density at radius 1 is 1.21 bits per heavy atom. The van der Waals surface area contributed by atoms with Gasteiger partial charge in [0.05, 0.1) is 5.69 Å². The molecule has 5 heteroatoms. The summed E-state index contributed by atoms with van der Waals surface area (Å²) in [6.45, 7) is 3.80. The van der Waals surface area contributed by atoms with Crippen LogP contribution in [0.5, 0.6) is 0 Å². The zero-order valence-electron chi connectivity index (χ0n) is 13.6. The van der Waals surface area contributed by atoms with Crippen molar-refractivity contribution >= 4 is 16.8 Å². The lowest BCUT2D eigenvalue weighted by Crippen LogP contribution is -2.33. The summed E-state index contributed by atoms with van der Waals surface area (Å²) in [6, 6.07) is 12.1. The first kappa shape index (κ1) is 14.7. The molecule has 2 aromatic heterocycles. The van der Waals surface area contributed by atoms with Crippen molar-refractivity contribution in [3.8, 4) is 6.07 Å². The van der Waals surface area contributed by atoms with Crippen LogP contribution >= 0.6 is 0 Å². The average molecular weight is 318 g/mol. The summed E-state index contributed by atoms with van der Waals surface area (Å²) in [5.74, 6) is 1.17. The molecular formula is C19H18N4O. The molecule has 0 amide bonds. The van der Waals surface area contributed by atoms with E-state index in [9.17, 15) is 5.26 Å². The number of para-hydroxylation sites is 1. The summed E-state index contributed by atoms with van der Waals surface area (Å²) >= 11 is 0. The highest BCUT2D eigenvalue weighted by molar-refractivity contribution is 5.76. The van der Waals surface area contributed by atoms with Crippen LogP contribution in [0.1, 0.15) is 35.9 Å². The number of rotatable bonds is 2. The van der Waals surface area contributed by atoms with E-state index in [1.165, 1.54) is 0 Å². The summed E-state index contributed by atoms with van der Waals surface area (Å²) in [4.78, 5) is 11.1. The molecule has 0 radical (unpaired) electrons. The van der Waals surface area contributed by atoms with E-state index < -0.39 is 0 Å². The Hall–Kier alpha value is -2.87. The fraction of sp³-hybridized carbons (Fsp3) is 0.316. The van der Waals surface area contributed by atoms with E-state index in [0.717, 1.165) is 54.2 Å². The molecule has 0 saturated carbocycles. The van der Waals surface area contributed by atoms with E-state index in [0.29, 0.717) is 11.6 Å². The average Bonchev–Trinajstić information content (AvgIpc) is 3.07. The van der Waals surface area contributed by atoms with Crippen LogP contribution in [0.15, 0.2) is 40.9 Å². The van der Waals surface area contributed by atoms with Gasteiger partial charge in [-0.3, -0.25) is 0 Å². The number of hydrogen-bond acceptors (Lipinski definition) is 5. The van der Waals surface area contributed by atoms with Gasteiger partial charge in [-0.1, -0.05) is 12.1 Å². The lowest BCUT2D eigenvalue weighted by atomic mass is 9.96. The van der Waals surface area contributed by atoms with Gasteiger partial charge in [0.15, 0.2) is 17.2 Å². The van der Waals surface area contributed by atoms with E-state index >= 15 is 0 Å². The van der Waals surface area contributed by atoms with Crippen molar-refractivity contribution in [3.05, 3.63) is 53.7 Å². The second kappa shape index (κ2) is 5.97. The third-order valence-corrected chi connectivity index (χ3v) is 4.71. The van der Waals surface area contributed by atoms with Crippen molar-refractivity contribution in [1.82, 2.24) is 9.97 Å². The normalized spacial score (nSPS) is 15.6. The number of anilines is 1. The summed E-state index contributed by atoms with van der Waals surface area (Å²) in [5, 5.41) is 9.22. The lowest BCUT2D eigenvalue weighted by Gasteiger charge is -2.32. The lowest BCUT2D eigenvalue weighted by molar-refractivity contribution is 0.407. The van der Waals surface area contributed by atoms with Crippen LogP contribution in [-0.2, 0) is 0 Å². The number of pyridine rings is 1. The van der Waals surface area contributed by atoms with Crippen molar-refractivity contribution in [2.75, 3.05) is 18.0 Å². The maximum absolute atomic E-state index is 9.22. The molecule has 5 nitrogen and oxygen atoms in total. The minimum absolute atomic E-state index is 0.329. The molecule has 0 atom stereocenters. The first-order valence-electron chi connectivity index (χ1n) is 8.22. The highest BCUT2D eigenvalue weighted by Gasteiger charge is 2.26. The Morgan fingerprint density at radius 2 is 2.04 bits per heavy atom. The number of piperidine rings is 1. The molecule has 4 rings (SSSR count). The summed E-state index contributed by atoms with van der Waals surface area (Å²) < 4.78 is 6.03. The molecule has 0 spiro atoms. The third kappa shape index (κ3) is 2.50. The fourth-order valence-corrected chi connectivity index (χ4v) is 3.38. The van der Waals surface area contributed by atoms with Crippen LogP contribution in [0.2, 0.25) is 0 Å². The second-order valence-electron chi connectivity index (χ2n) is 6.22. The zero-order valence-corrected chi connectivity index (χ0v) is 13.6. The number of oxazole rings is 1. The van der Waals surface area contributed by atoms with Crippen molar-refractivity contribution in [3.63, 3.8) is 0 Å². The van der Waals surface area contributed by atoms with Gasteiger partial charge < -0.3 is 9.32 Å². The van der Waals surface area contributed by atoms with Crippen LogP contribution in [0.4, 0.5) is 5.69 Å². The Balaban J connectivity index is 1.53. The van der Waals surface area contributed by atoms with Gasteiger partial charge in [-0.25, -0.2) is 9.97 Å². The number of aryl methyl sites for hydroxylation is 1. The number of fused-ring (bicyclic) bond motifs is 1. The molecule has 1 aromatic carbocycles. The molecule has 0 unspecified atom stereocenters. The molecule has 120 valence electrons. The van der Waals surface area contributed by atoms with E-state index in [1.807, 2.05) is 37.3 Å². The van der Waals surface area contributed by atoms with Gasteiger partial charge in [0, 0.05) is 25.2 Å². The van der Waals surface area contributed by atoms with Crippen LogP contribution < -0.4 is 4.90 Å². The number of nitrogens with zero attached hydrogens (tertiary/aromatic N) is 4. The molecular weight excluding hydrogens is 300 g/mol. The van der Waals surface area contributed by atoms with Crippen molar-refractivity contribution in [2.45, 2.75) is 25.7 Å². The minimum atomic E-state index is 0.329. The molecule has 3 aromatic rings. The molecule has 3 heterocycles. The van der Waals surface area contributed by atoms with Gasteiger partial charge in [0.25, 0.3) is 0 Å². The molecule has 0 bridgehead atoms. The highest BCUT2D eigenvalue weighted by Crippen LogP contribution is 2.33. The quantitative estimate of drug-likeness (QED) is 0.719. The van der Waals surface area contributed by atoms with Gasteiger partial charge in [-0.05, 0) is 43.5 Å². The zero-order chi connectivity index (χ0) is 16.5. The minimum Gasteiger partial charge on any atom is -0.440 e. The molecule has 1 saturated heterocycles. The Kier molecular flexibility index (Phi) is 3.66. The van der Waals surface area contributed by atoms with Gasteiger partial charge >= 0.3 is 0 Å². The van der Waals surface area contributed by atoms with E-state index in [2.05, 4.69) is 20.9 Å². The fourth-order valence-electron chi connectivity index (χ4n) is 3.38. The number of benzene rings is 1. The molecule has 1 fully saturated rings. The van der Waals surface area contributed by atoms with Crippen molar-refractivity contribution < 1.29 is 4.42 Å². The molecule has 24 heavy (non-hydrogen) atoms. The number of aromatic nitrogens is 2. The van der Waals surface area contributed by atoms with Gasteiger partial charge in [-0.15, -0.1) is 0 Å². The van der Waals surface area contributed by atoms with Crippen molar-refractivity contribution in [2.24, 2.45) is 0 Å². The molecule has 0 aliphatic carbocycles. The monoisotopic (exact) mass is 318 g/mol.